The molecule has 0 N–H and O–H groups in total. The second-order valence-corrected chi connectivity index (χ2v) is 6.89. The van der Waals surface area contributed by atoms with Gasteiger partial charge in [0.25, 0.3) is 0 Å². The summed E-state index contributed by atoms with van der Waals surface area (Å²) in [4.78, 5) is 1.05. The van der Waals surface area contributed by atoms with Crippen molar-refractivity contribution in [3.05, 3.63) is 30.3 Å². The van der Waals surface area contributed by atoms with E-state index in [2.05, 4.69) is 0 Å². The van der Waals surface area contributed by atoms with E-state index in [1.165, 1.54) is 31.0 Å². The third-order valence-corrected chi connectivity index (χ3v) is 5.57. The quantitative estimate of drug-likeness (QED) is 0.586. The number of rotatable bonds is 5. The standard InChI is InChI=1S/C13H18OSe/c1-2-6-12(7-3-1)14-10-11-15-13-8-4-5-9-13/h1-3,6-7,13H,4-5,8-11H2. The molecule has 82 valence electrons. The Morgan fingerprint density at radius 1 is 1.13 bits per heavy atom. The molecule has 15 heavy (non-hydrogen) atoms. The Morgan fingerprint density at radius 3 is 2.60 bits per heavy atom. The molecular formula is C13H18OSe. The first-order valence-electron chi connectivity index (χ1n) is 5.74. The molecule has 1 aromatic rings. The number of hydrogen-bond acceptors (Lipinski definition) is 1. The summed E-state index contributed by atoms with van der Waals surface area (Å²) >= 11 is 0.811. The van der Waals surface area contributed by atoms with E-state index in [0.29, 0.717) is 0 Å². The minimum absolute atomic E-state index is 0.811. The van der Waals surface area contributed by atoms with Crippen LogP contribution in [-0.4, -0.2) is 21.6 Å². The molecule has 0 amide bonds. The van der Waals surface area contributed by atoms with Crippen LogP contribution in [0.4, 0.5) is 0 Å². The summed E-state index contributed by atoms with van der Waals surface area (Å²) in [5.74, 6) is 1.01. The van der Waals surface area contributed by atoms with Gasteiger partial charge in [0, 0.05) is 0 Å². The van der Waals surface area contributed by atoms with Crippen LogP contribution >= 0.6 is 0 Å². The first-order valence-corrected chi connectivity index (χ1v) is 7.94. The van der Waals surface area contributed by atoms with Crippen LogP contribution in [0.25, 0.3) is 0 Å². The molecule has 1 aromatic carbocycles. The maximum atomic E-state index is 5.68. The molecule has 0 aromatic heterocycles. The van der Waals surface area contributed by atoms with E-state index in [4.69, 9.17) is 4.74 Å². The molecule has 1 fully saturated rings. The van der Waals surface area contributed by atoms with Gasteiger partial charge in [0.2, 0.25) is 0 Å². The molecule has 0 bridgehead atoms. The van der Waals surface area contributed by atoms with E-state index in [1.54, 1.807) is 0 Å². The molecule has 0 saturated heterocycles. The zero-order valence-corrected chi connectivity index (χ0v) is 10.7. The van der Waals surface area contributed by atoms with Crippen LogP contribution < -0.4 is 4.74 Å². The van der Waals surface area contributed by atoms with Gasteiger partial charge in [-0.05, 0) is 0 Å². The van der Waals surface area contributed by atoms with Gasteiger partial charge >= 0.3 is 98.2 Å². The van der Waals surface area contributed by atoms with E-state index < -0.39 is 0 Å². The first kappa shape index (κ1) is 11.0. The van der Waals surface area contributed by atoms with Crippen molar-refractivity contribution in [1.29, 1.82) is 0 Å². The molecule has 0 heterocycles. The average Bonchev–Trinajstić information content (AvgIpc) is 2.79. The van der Waals surface area contributed by atoms with Crippen LogP contribution in [0.2, 0.25) is 10.1 Å². The molecule has 0 aliphatic heterocycles. The predicted molar refractivity (Wildman–Crippen MR) is 64.7 cm³/mol. The molecule has 2 rings (SSSR count). The van der Waals surface area contributed by atoms with Crippen molar-refractivity contribution in [2.75, 3.05) is 6.61 Å². The average molecular weight is 269 g/mol. The Bertz CT molecular complexity index is 267. The summed E-state index contributed by atoms with van der Waals surface area (Å²) in [5, 5.41) is 1.27. The number of hydrogen-bond donors (Lipinski definition) is 0. The van der Waals surface area contributed by atoms with Crippen molar-refractivity contribution in [2.45, 2.75) is 35.8 Å². The van der Waals surface area contributed by atoms with Crippen LogP contribution in [0, 0.1) is 0 Å². The zero-order chi connectivity index (χ0) is 10.3. The Balaban J connectivity index is 1.59. The van der Waals surface area contributed by atoms with E-state index in [-0.39, 0.29) is 0 Å². The summed E-state index contributed by atoms with van der Waals surface area (Å²) in [5.41, 5.74) is 0. The van der Waals surface area contributed by atoms with Gasteiger partial charge < -0.3 is 0 Å². The van der Waals surface area contributed by atoms with E-state index in [1.807, 2.05) is 30.3 Å². The Morgan fingerprint density at radius 2 is 1.87 bits per heavy atom. The van der Waals surface area contributed by atoms with Gasteiger partial charge in [-0.1, -0.05) is 0 Å². The van der Waals surface area contributed by atoms with Gasteiger partial charge in [-0.25, -0.2) is 0 Å². The Kier molecular flexibility index (Phi) is 4.56. The summed E-state index contributed by atoms with van der Waals surface area (Å²) < 4.78 is 5.68. The number of ether oxygens (including phenoxy) is 1. The van der Waals surface area contributed by atoms with Crippen molar-refractivity contribution in [2.24, 2.45) is 0 Å². The van der Waals surface area contributed by atoms with Crippen molar-refractivity contribution in [3.63, 3.8) is 0 Å². The molecule has 2 heteroatoms. The fourth-order valence-corrected chi connectivity index (χ4v) is 4.42. The summed E-state index contributed by atoms with van der Waals surface area (Å²) in [6, 6.07) is 10.1. The molecule has 0 atom stereocenters. The molecule has 0 unspecified atom stereocenters. The summed E-state index contributed by atoms with van der Waals surface area (Å²) in [6.45, 7) is 0.903. The van der Waals surface area contributed by atoms with Crippen LogP contribution in [0.15, 0.2) is 30.3 Å². The zero-order valence-electron chi connectivity index (χ0n) is 9.02. The Labute approximate surface area is 98.4 Å². The summed E-state index contributed by atoms with van der Waals surface area (Å²) in [7, 11) is 0. The van der Waals surface area contributed by atoms with Gasteiger partial charge in [-0.3, -0.25) is 0 Å². The minimum atomic E-state index is 0.811. The van der Waals surface area contributed by atoms with Crippen molar-refractivity contribution in [3.8, 4) is 5.75 Å². The van der Waals surface area contributed by atoms with Gasteiger partial charge in [0.15, 0.2) is 0 Å². The van der Waals surface area contributed by atoms with Crippen LogP contribution in [0.5, 0.6) is 5.75 Å². The van der Waals surface area contributed by atoms with Gasteiger partial charge in [0.05, 0.1) is 0 Å². The van der Waals surface area contributed by atoms with Crippen molar-refractivity contribution < 1.29 is 4.74 Å². The molecule has 1 nitrogen and oxygen atoms in total. The van der Waals surface area contributed by atoms with E-state index >= 15 is 0 Å². The van der Waals surface area contributed by atoms with Gasteiger partial charge in [0.1, 0.15) is 0 Å². The third kappa shape index (κ3) is 3.89. The van der Waals surface area contributed by atoms with Crippen molar-refractivity contribution >= 4 is 15.0 Å². The maximum absolute atomic E-state index is 5.68. The SMILES string of the molecule is c1ccc(OCC[Se]C2CCCC2)cc1. The topological polar surface area (TPSA) is 9.23 Å². The number of benzene rings is 1. The van der Waals surface area contributed by atoms with Gasteiger partial charge in [-0.2, -0.15) is 0 Å². The third-order valence-electron chi connectivity index (χ3n) is 2.75. The van der Waals surface area contributed by atoms with E-state index in [0.717, 1.165) is 32.1 Å². The van der Waals surface area contributed by atoms with Crippen LogP contribution in [0.3, 0.4) is 0 Å². The fraction of sp³-hybridized carbons (Fsp3) is 0.538. The van der Waals surface area contributed by atoms with Crippen LogP contribution in [0.1, 0.15) is 25.7 Å². The van der Waals surface area contributed by atoms with Crippen molar-refractivity contribution in [1.82, 2.24) is 0 Å². The summed E-state index contributed by atoms with van der Waals surface area (Å²) in [6.07, 6.45) is 5.88. The fourth-order valence-electron chi connectivity index (χ4n) is 1.95. The normalized spacial score (nSPS) is 16.8. The monoisotopic (exact) mass is 270 g/mol. The molecule has 1 aliphatic rings. The van der Waals surface area contributed by atoms with E-state index in [9.17, 15) is 0 Å². The number of para-hydroxylation sites is 1. The van der Waals surface area contributed by atoms with Gasteiger partial charge in [-0.15, -0.1) is 0 Å². The molecule has 0 spiro atoms. The second kappa shape index (κ2) is 6.19. The second-order valence-electron chi connectivity index (χ2n) is 3.94. The first-order chi connectivity index (χ1) is 7.45. The molecular weight excluding hydrogens is 251 g/mol. The molecule has 1 saturated carbocycles. The predicted octanol–water partition coefficient (Wildman–Crippen LogP) is 3.55. The van der Waals surface area contributed by atoms with Crippen LogP contribution in [-0.2, 0) is 0 Å². The Hall–Kier alpha value is -0.461. The molecule has 0 radical (unpaired) electrons. The molecule has 1 aliphatic carbocycles.